The normalized spacial score (nSPS) is 11.5. The molecule has 0 atom stereocenters. The van der Waals surface area contributed by atoms with Gasteiger partial charge in [-0.1, -0.05) is 13.8 Å². The van der Waals surface area contributed by atoms with E-state index in [4.69, 9.17) is 5.73 Å². The Morgan fingerprint density at radius 2 is 2.20 bits per heavy atom. The third-order valence-corrected chi connectivity index (χ3v) is 2.61. The minimum absolute atomic E-state index is 0.460. The van der Waals surface area contributed by atoms with Crippen LogP contribution in [0, 0.1) is 5.92 Å². The molecule has 2 heterocycles. The summed E-state index contributed by atoms with van der Waals surface area (Å²) in [7, 11) is 0. The van der Waals surface area contributed by atoms with Gasteiger partial charge in [0.2, 0.25) is 0 Å². The van der Waals surface area contributed by atoms with Gasteiger partial charge in [-0.05, 0) is 21.8 Å². The molecule has 0 aliphatic rings. The average molecular weight is 270 g/mol. The fourth-order valence-corrected chi connectivity index (χ4v) is 2.03. The Morgan fingerprint density at radius 1 is 1.47 bits per heavy atom. The minimum Gasteiger partial charge on any atom is -0.383 e. The number of nitrogen functional groups attached to an aromatic ring is 1. The molecule has 2 N–H and O–H groups in total. The molecule has 0 spiro atoms. The molecule has 0 aromatic carbocycles. The van der Waals surface area contributed by atoms with Gasteiger partial charge < -0.3 is 5.73 Å². The molecule has 0 saturated carbocycles. The summed E-state index contributed by atoms with van der Waals surface area (Å²) in [5.74, 6) is 0.970. The number of fused-ring (bicyclic) bond motifs is 1. The first kappa shape index (κ1) is 10.4. The van der Waals surface area contributed by atoms with Crippen molar-refractivity contribution in [1.29, 1.82) is 0 Å². The van der Waals surface area contributed by atoms with Crippen molar-refractivity contribution in [3.8, 4) is 0 Å². The Labute approximate surface area is 95.8 Å². The molecule has 0 bridgehead atoms. The van der Waals surface area contributed by atoms with Crippen LogP contribution >= 0.6 is 15.9 Å². The number of anilines is 1. The maximum absolute atomic E-state index is 5.77. The Morgan fingerprint density at radius 3 is 2.87 bits per heavy atom. The fourth-order valence-electron chi connectivity index (χ4n) is 1.46. The summed E-state index contributed by atoms with van der Waals surface area (Å²) in [5, 5.41) is 5.13. The lowest BCUT2D eigenvalue weighted by atomic mass is 10.2. The van der Waals surface area contributed by atoms with Crippen LogP contribution in [0.1, 0.15) is 13.8 Å². The Kier molecular flexibility index (Phi) is 2.60. The molecule has 2 rings (SSSR count). The van der Waals surface area contributed by atoms with E-state index in [9.17, 15) is 0 Å². The van der Waals surface area contributed by atoms with Crippen LogP contribution in [0.5, 0.6) is 0 Å². The topological polar surface area (TPSA) is 69.6 Å². The van der Waals surface area contributed by atoms with Gasteiger partial charge in [0.15, 0.2) is 5.65 Å². The van der Waals surface area contributed by atoms with Crippen LogP contribution in [0.4, 0.5) is 5.82 Å². The quantitative estimate of drug-likeness (QED) is 0.903. The Balaban J connectivity index is 2.63. The number of hydrogen-bond donors (Lipinski definition) is 1. The number of halogens is 1. The summed E-state index contributed by atoms with van der Waals surface area (Å²) in [6.07, 6.45) is 1.46. The van der Waals surface area contributed by atoms with Gasteiger partial charge in [0, 0.05) is 6.54 Å². The minimum atomic E-state index is 0.460. The molecule has 0 fully saturated rings. The van der Waals surface area contributed by atoms with Crippen molar-refractivity contribution in [3.05, 3.63) is 10.9 Å². The molecular formula is C9H12BrN5. The standard InChI is InChI=1S/C9H12BrN5/c1-5(2)3-15-9-6(7(10)14-15)8(11)12-4-13-9/h4-5H,3H2,1-2H3,(H2,11,12,13). The lowest BCUT2D eigenvalue weighted by Gasteiger charge is -2.04. The van der Waals surface area contributed by atoms with E-state index in [1.807, 2.05) is 4.68 Å². The van der Waals surface area contributed by atoms with Crippen LogP contribution in [0.3, 0.4) is 0 Å². The lowest BCUT2D eigenvalue weighted by Crippen LogP contribution is -2.06. The molecule has 0 amide bonds. The number of aromatic nitrogens is 4. The summed E-state index contributed by atoms with van der Waals surface area (Å²) in [5.41, 5.74) is 6.55. The van der Waals surface area contributed by atoms with Gasteiger partial charge in [-0.15, -0.1) is 0 Å². The smallest absolute Gasteiger partial charge is 0.164 e. The third-order valence-electron chi connectivity index (χ3n) is 2.05. The molecule has 15 heavy (non-hydrogen) atoms. The van der Waals surface area contributed by atoms with E-state index in [1.54, 1.807) is 0 Å². The summed E-state index contributed by atoms with van der Waals surface area (Å²) < 4.78 is 2.55. The first-order valence-electron chi connectivity index (χ1n) is 4.72. The summed E-state index contributed by atoms with van der Waals surface area (Å²) >= 11 is 3.37. The van der Waals surface area contributed by atoms with Crippen molar-refractivity contribution in [2.24, 2.45) is 5.92 Å². The molecule has 5 nitrogen and oxygen atoms in total. The van der Waals surface area contributed by atoms with Gasteiger partial charge in [-0.25, -0.2) is 14.6 Å². The maximum Gasteiger partial charge on any atom is 0.164 e. The molecular weight excluding hydrogens is 258 g/mol. The van der Waals surface area contributed by atoms with Crippen molar-refractivity contribution in [2.75, 3.05) is 5.73 Å². The summed E-state index contributed by atoms with van der Waals surface area (Å²) in [6, 6.07) is 0. The number of hydrogen-bond acceptors (Lipinski definition) is 4. The summed E-state index contributed by atoms with van der Waals surface area (Å²) in [4.78, 5) is 8.14. The molecule has 0 aliphatic carbocycles. The van der Waals surface area contributed by atoms with Crippen molar-refractivity contribution < 1.29 is 0 Å². The van der Waals surface area contributed by atoms with Crippen LogP contribution in [0.2, 0.25) is 0 Å². The molecule has 2 aromatic heterocycles. The SMILES string of the molecule is CC(C)Cn1nc(Br)c2c(N)ncnc21. The average Bonchev–Trinajstić information content (AvgIpc) is 2.44. The zero-order valence-corrected chi connectivity index (χ0v) is 10.2. The van der Waals surface area contributed by atoms with Gasteiger partial charge in [-0.3, -0.25) is 0 Å². The van der Waals surface area contributed by atoms with Crippen LogP contribution in [0.15, 0.2) is 10.9 Å². The highest BCUT2D eigenvalue weighted by Crippen LogP contribution is 2.25. The van der Waals surface area contributed by atoms with Crippen molar-refractivity contribution >= 4 is 32.8 Å². The van der Waals surface area contributed by atoms with Crippen molar-refractivity contribution in [2.45, 2.75) is 20.4 Å². The van der Waals surface area contributed by atoms with Gasteiger partial charge in [0.25, 0.3) is 0 Å². The monoisotopic (exact) mass is 269 g/mol. The van der Waals surface area contributed by atoms with Crippen molar-refractivity contribution in [1.82, 2.24) is 19.7 Å². The van der Waals surface area contributed by atoms with Gasteiger partial charge >= 0.3 is 0 Å². The van der Waals surface area contributed by atoms with E-state index < -0.39 is 0 Å². The highest BCUT2D eigenvalue weighted by Gasteiger charge is 2.13. The second kappa shape index (κ2) is 3.77. The zero-order valence-electron chi connectivity index (χ0n) is 8.61. The van der Waals surface area contributed by atoms with Gasteiger partial charge in [0.05, 0.1) is 5.39 Å². The molecule has 0 aliphatic heterocycles. The lowest BCUT2D eigenvalue weighted by molar-refractivity contribution is 0.490. The fraction of sp³-hybridized carbons (Fsp3) is 0.444. The second-order valence-electron chi connectivity index (χ2n) is 3.82. The van der Waals surface area contributed by atoms with E-state index in [1.165, 1.54) is 6.33 Å². The van der Waals surface area contributed by atoms with Crippen LogP contribution in [0.25, 0.3) is 11.0 Å². The van der Waals surface area contributed by atoms with Crippen LogP contribution < -0.4 is 5.73 Å². The molecule has 0 saturated heterocycles. The third kappa shape index (κ3) is 1.81. The molecule has 0 unspecified atom stereocenters. The van der Waals surface area contributed by atoms with Crippen LogP contribution in [-0.2, 0) is 6.54 Å². The zero-order chi connectivity index (χ0) is 11.0. The summed E-state index contributed by atoms with van der Waals surface area (Å²) in [6.45, 7) is 5.08. The first-order valence-corrected chi connectivity index (χ1v) is 5.51. The van der Waals surface area contributed by atoms with E-state index in [-0.39, 0.29) is 0 Å². The molecule has 0 radical (unpaired) electrons. The van der Waals surface area contributed by atoms with Gasteiger partial charge in [-0.2, -0.15) is 5.10 Å². The van der Waals surface area contributed by atoms with Crippen LogP contribution in [-0.4, -0.2) is 19.7 Å². The highest BCUT2D eigenvalue weighted by atomic mass is 79.9. The first-order chi connectivity index (χ1) is 7.09. The van der Waals surface area contributed by atoms with E-state index in [0.717, 1.165) is 17.6 Å². The Hall–Kier alpha value is -1.17. The van der Waals surface area contributed by atoms with Gasteiger partial charge in [0.1, 0.15) is 16.7 Å². The largest absolute Gasteiger partial charge is 0.383 e. The highest BCUT2D eigenvalue weighted by molar-refractivity contribution is 9.10. The second-order valence-corrected chi connectivity index (χ2v) is 4.58. The molecule has 80 valence electrons. The predicted octanol–water partition coefficient (Wildman–Crippen LogP) is 1.83. The molecule has 2 aromatic rings. The number of nitrogens with zero attached hydrogens (tertiary/aromatic N) is 4. The predicted molar refractivity (Wildman–Crippen MR) is 62.3 cm³/mol. The van der Waals surface area contributed by atoms with Crippen molar-refractivity contribution in [3.63, 3.8) is 0 Å². The maximum atomic E-state index is 5.77. The number of rotatable bonds is 2. The van der Waals surface area contributed by atoms with E-state index in [2.05, 4.69) is 44.8 Å². The Bertz CT molecular complexity index is 490. The number of nitrogens with two attached hydrogens (primary N) is 1. The molecule has 6 heteroatoms. The van der Waals surface area contributed by atoms with E-state index in [0.29, 0.717) is 16.3 Å². The van der Waals surface area contributed by atoms with E-state index >= 15 is 0 Å².